The smallest absolute Gasteiger partial charge is 0 e. The molecule has 0 saturated carbocycles. The van der Waals surface area contributed by atoms with Crippen LogP contribution >= 0.6 is 0 Å². The molecule has 0 amide bonds. The summed E-state index contributed by atoms with van der Waals surface area (Å²) in [6, 6.07) is 10.8. The molecule has 0 aromatic heterocycles. The van der Waals surface area contributed by atoms with Crippen molar-refractivity contribution < 1.29 is 21.7 Å². The van der Waals surface area contributed by atoms with Crippen LogP contribution in [0.1, 0.15) is 11.1 Å². The number of rotatable bonds is 0. The van der Waals surface area contributed by atoms with Gasteiger partial charge in [0.25, 0.3) is 0 Å². The molecule has 0 nitrogen and oxygen atoms in total. The van der Waals surface area contributed by atoms with Gasteiger partial charge < -0.3 is 0 Å². The van der Waals surface area contributed by atoms with Crippen LogP contribution in [-0.4, -0.2) is 0 Å². The number of benzene rings is 1. The molecule has 0 aliphatic rings. The van der Waals surface area contributed by atoms with Crippen LogP contribution < -0.4 is 0 Å². The minimum atomic E-state index is 0. The topological polar surface area (TPSA) is 0 Å². The Labute approximate surface area is 87.8 Å². The Kier molecular flexibility index (Phi) is 2.82. The van der Waals surface area contributed by atoms with E-state index in [-0.39, 0.29) is 21.7 Å². The van der Waals surface area contributed by atoms with Gasteiger partial charge in [0.1, 0.15) is 0 Å². The van der Waals surface area contributed by atoms with Crippen molar-refractivity contribution in [3.05, 3.63) is 41.5 Å². The predicted octanol–water partition coefficient (Wildman–Crippen LogP) is 3.17. The fourth-order valence-corrected chi connectivity index (χ4v) is 1.54. The van der Waals surface area contributed by atoms with Crippen molar-refractivity contribution in [1.29, 1.82) is 0 Å². The van der Waals surface area contributed by atoms with Crippen LogP contribution in [0.3, 0.4) is 0 Å². The van der Waals surface area contributed by atoms with Gasteiger partial charge in [-0.2, -0.15) is 12.1 Å². The van der Waals surface area contributed by atoms with Gasteiger partial charge in [-0.1, -0.05) is 18.6 Å². The van der Waals surface area contributed by atoms with Gasteiger partial charge in [-0.3, -0.25) is 0 Å². The van der Waals surface area contributed by atoms with Gasteiger partial charge in [0.2, 0.25) is 0 Å². The van der Waals surface area contributed by atoms with Crippen molar-refractivity contribution in [1.82, 2.24) is 0 Å². The van der Waals surface area contributed by atoms with Crippen LogP contribution in [0.5, 0.6) is 0 Å². The van der Waals surface area contributed by atoms with E-state index >= 15 is 0 Å². The third-order valence-electron chi connectivity index (χ3n) is 2.25. The summed E-state index contributed by atoms with van der Waals surface area (Å²) in [4.78, 5) is 0. The van der Waals surface area contributed by atoms with Gasteiger partial charge in [-0.05, 0) is 6.92 Å². The average molecular weight is 191 g/mol. The molecule has 12 heavy (non-hydrogen) atoms. The standard InChI is InChI=1S/C11H11.Ti/c1-8-6-7-9(2)11-5-3-4-10(8)11;/h3-7H,1-2H3;/q-1;. The van der Waals surface area contributed by atoms with E-state index in [0.717, 1.165) is 0 Å². The van der Waals surface area contributed by atoms with Crippen LogP contribution in [0.15, 0.2) is 30.3 Å². The summed E-state index contributed by atoms with van der Waals surface area (Å²) < 4.78 is 0. The molecule has 0 aliphatic heterocycles. The van der Waals surface area contributed by atoms with Crippen LogP contribution in [0.25, 0.3) is 10.8 Å². The van der Waals surface area contributed by atoms with Crippen molar-refractivity contribution in [2.75, 3.05) is 0 Å². The molecule has 1 heteroatoms. The van der Waals surface area contributed by atoms with Crippen molar-refractivity contribution >= 4 is 10.8 Å². The van der Waals surface area contributed by atoms with Crippen molar-refractivity contribution in [2.24, 2.45) is 0 Å². The molecule has 2 rings (SSSR count). The second kappa shape index (κ2) is 3.51. The second-order valence-electron chi connectivity index (χ2n) is 3.05. The minimum absolute atomic E-state index is 0. The molecule has 0 saturated heterocycles. The average Bonchev–Trinajstić information content (AvgIpc) is 2.45. The third-order valence-corrected chi connectivity index (χ3v) is 2.25. The normalized spacial score (nSPS) is 9.83. The fourth-order valence-electron chi connectivity index (χ4n) is 1.54. The fraction of sp³-hybridized carbons (Fsp3) is 0.182. The molecule has 0 heterocycles. The maximum absolute atomic E-state index is 2.18. The Morgan fingerprint density at radius 1 is 1.00 bits per heavy atom. The molecular weight excluding hydrogens is 180 g/mol. The van der Waals surface area contributed by atoms with Crippen LogP contribution in [0, 0.1) is 13.8 Å². The van der Waals surface area contributed by atoms with Crippen molar-refractivity contribution in [2.45, 2.75) is 13.8 Å². The zero-order chi connectivity index (χ0) is 7.84. The largest absolute Gasteiger partial charge is 0.168 e. The van der Waals surface area contributed by atoms with Gasteiger partial charge in [-0.15, -0.1) is 28.5 Å². The number of aryl methyl sites for hydroxylation is 2. The quantitative estimate of drug-likeness (QED) is 0.443. The molecule has 0 aliphatic carbocycles. The predicted molar refractivity (Wildman–Crippen MR) is 49.0 cm³/mol. The molecule has 0 spiro atoms. The Hall–Kier alpha value is -0.456. The van der Waals surface area contributed by atoms with E-state index < -0.39 is 0 Å². The first-order chi connectivity index (χ1) is 5.29. The molecule has 2 aromatic rings. The van der Waals surface area contributed by atoms with E-state index in [1.165, 1.54) is 21.9 Å². The molecule has 60 valence electrons. The Balaban J connectivity index is 0.000000720. The van der Waals surface area contributed by atoms with E-state index in [4.69, 9.17) is 0 Å². The Morgan fingerprint density at radius 3 is 2.33 bits per heavy atom. The summed E-state index contributed by atoms with van der Waals surface area (Å²) in [5.41, 5.74) is 2.74. The summed E-state index contributed by atoms with van der Waals surface area (Å²) >= 11 is 0. The molecule has 0 unspecified atom stereocenters. The first-order valence-electron chi connectivity index (χ1n) is 3.90. The van der Waals surface area contributed by atoms with Gasteiger partial charge in [0.05, 0.1) is 0 Å². The number of hydrogen-bond donors (Lipinski definition) is 0. The first-order valence-corrected chi connectivity index (χ1v) is 3.90. The third kappa shape index (κ3) is 1.37. The molecular formula is C11H11Ti-. The monoisotopic (exact) mass is 191 g/mol. The van der Waals surface area contributed by atoms with Gasteiger partial charge in [-0.25, -0.2) is 0 Å². The Bertz CT molecular complexity index is 349. The summed E-state index contributed by atoms with van der Waals surface area (Å²) in [6.07, 6.45) is 0. The van der Waals surface area contributed by atoms with E-state index in [9.17, 15) is 0 Å². The Morgan fingerprint density at radius 2 is 1.67 bits per heavy atom. The van der Waals surface area contributed by atoms with E-state index in [2.05, 4.69) is 44.2 Å². The van der Waals surface area contributed by atoms with Crippen molar-refractivity contribution in [3.8, 4) is 0 Å². The molecule has 0 fully saturated rings. The maximum Gasteiger partial charge on any atom is 0 e. The van der Waals surface area contributed by atoms with Crippen LogP contribution in [-0.2, 0) is 21.7 Å². The van der Waals surface area contributed by atoms with Gasteiger partial charge in [0.15, 0.2) is 0 Å². The van der Waals surface area contributed by atoms with E-state index in [1.54, 1.807) is 0 Å². The summed E-state index contributed by atoms with van der Waals surface area (Å²) in [5.74, 6) is 0. The second-order valence-corrected chi connectivity index (χ2v) is 3.05. The zero-order valence-corrected chi connectivity index (χ0v) is 8.95. The molecule has 0 bridgehead atoms. The summed E-state index contributed by atoms with van der Waals surface area (Å²) in [7, 11) is 0. The van der Waals surface area contributed by atoms with Crippen LogP contribution in [0.2, 0.25) is 0 Å². The summed E-state index contributed by atoms with van der Waals surface area (Å²) in [5, 5.41) is 2.79. The minimum Gasteiger partial charge on any atom is -0.168 e. The SMILES string of the molecule is Cc1ccc(C)c2[cH-]ccc12.[Ti]. The molecule has 2 aromatic carbocycles. The van der Waals surface area contributed by atoms with E-state index in [0.29, 0.717) is 0 Å². The van der Waals surface area contributed by atoms with Gasteiger partial charge >= 0.3 is 0 Å². The first kappa shape index (κ1) is 9.63. The molecule has 0 radical (unpaired) electrons. The number of fused-ring (bicyclic) bond motifs is 1. The molecule has 0 N–H and O–H groups in total. The summed E-state index contributed by atoms with van der Waals surface area (Å²) in [6.45, 7) is 4.31. The number of hydrogen-bond acceptors (Lipinski definition) is 0. The van der Waals surface area contributed by atoms with Gasteiger partial charge in [0, 0.05) is 21.7 Å². The van der Waals surface area contributed by atoms with Crippen LogP contribution in [0.4, 0.5) is 0 Å². The van der Waals surface area contributed by atoms with E-state index in [1.807, 2.05) is 0 Å². The maximum atomic E-state index is 2.18. The molecule has 0 atom stereocenters. The zero-order valence-electron chi connectivity index (χ0n) is 7.39. The van der Waals surface area contributed by atoms with Crippen molar-refractivity contribution in [3.63, 3.8) is 0 Å².